The lowest BCUT2D eigenvalue weighted by atomic mass is 9.94. The average Bonchev–Trinajstić information content (AvgIpc) is 4.10. The molecule has 0 radical (unpaired) electrons. The van der Waals surface area contributed by atoms with E-state index in [-0.39, 0.29) is 5.92 Å². The van der Waals surface area contributed by atoms with Gasteiger partial charge >= 0.3 is 0 Å². The molecule has 64 heavy (non-hydrogen) atoms. The minimum Gasteiger partial charge on any atom is -0.293 e. The summed E-state index contributed by atoms with van der Waals surface area (Å²) in [7, 11) is -2.68. The second-order valence-corrected chi connectivity index (χ2v) is 21.2. The van der Waals surface area contributed by atoms with E-state index < -0.39 is 8.07 Å². The topological polar surface area (TPSA) is 30.7 Å². The lowest BCUT2D eigenvalue weighted by Gasteiger charge is -2.31. The van der Waals surface area contributed by atoms with Crippen molar-refractivity contribution in [2.45, 2.75) is 12.3 Å². The first-order chi connectivity index (χ1) is 31.8. The predicted octanol–water partition coefficient (Wildman–Crippen LogP) is 11.3. The minimum atomic E-state index is -2.68. The molecule has 9 aromatic carbocycles. The lowest BCUT2D eigenvalue weighted by molar-refractivity contribution is 0.850. The van der Waals surface area contributed by atoms with Crippen molar-refractivity contribution in [3.63, 3.8) is 0 Å². The molecular formula is C60H39N3Si. The summed E-state index contributed by atoms with van der Waals surface area (Å²) in [5.74, 6) is 1.71. The molecule has 0 saturated carbocycles. The average molecular weight is 830 g/mol. The van der Waals surface area contributed by atoms with Gasteiger partial charge in [-0.05, 0) is 83.0 Å². The van der Waals surface area contributed by atoms with Gasteiger partial charge in [0.25, 0.3) is 0 Å². The Balaban J connectivity index is 1.01. The van der Waals surface area contributed by atoms with Gasteiger partial charge in [0.1, 0.15) is 11.6 Å². The highest BCUT2D eigenvalue weighted by Crippen LogP contribution is 2.50. The van der Waals surface area contributed by atoms with Crippen molar-refractivity contribution in [1.82, 2.24) is 14.5 Å². The Labute approximate surface area is 372 Å². The fourth-order valence-corrected chi connectivity index (χ4v) is 17.0. The minimum absolute atomic E-state index is 0.0934. The summed E-state index contributed by atoms with van der Waals surface area (Å²) in [6.07, 6.45) is 0.729. The maximum Gasteiger partial charge on any atom is 0.180 e. The molecule has 0 spiro atoms. The number of aromatic nitrogens is 3. The number of hydrogen-bond donors (Lipinski definition) is 0. The van der Waals surface area contributed by atoms with Crippen molar-refractivity contribution in [1.29, 1.82) is 0 Å². The molecule has 3 aliphatic rings. The Morgan fingerprint density at radius 2 is 0.938 bits per heavy atom. The fourth-order valence-electron chi connectivity index (χ4n) is 11.8. The summed E-state index contributed by atoms with van der Waals surface area (Å²) in [5, 5.41) is 8.17. The van der Waals surface area contributed by atoms with Crippen LogP contribution in [0.5, 0.6) is 0 Å². The van der Waals surface area contributed by atoms with E-state index in [0.717, 1.165) is 34.8 Å². The quantitative estimate of drug-likeness (QED) is 0.162. The molecule has 14 rings (SSSR count). The first kappa shape index (κ1) is 35.6. The zero-order valence-electron chi connectivity index (χ0n) is 34.9. The Morgan fingerprint density at radius 3 is 1.61 bits per heavy atom. The molecule has 2 aromatic heterocycles. The van der Waals surface area contributed by atoms with Crippen molar-refractivity contribution in [2.75, 3.05) is 0 Å². The molecular weight excluding hydrogens is 791 g/mol. The number of hydrogen-bond acceptors (Lipinski definition) is 2. The highest BCUT2D eigenvalue weighted by atomic mass is 28.3. The largest absolute Gasteiger partial charge is 0.293 e. The van der Waals surface area contributed by atoms with Gasteiger partial charge in [-0.25, -0.2) is 9.97 Å². The van der Waals surface area contributed by atoms with Crippen LogP contribution in [0.1, 0.15) is 34.0 Å². The molecule has 0 amide bonds. The van der Waals surface area contributed by atoms with Crippen LogP contribution in [0.15, 0.2) is 218 Å². The molecule has 0 saturated heterocycles. The van der Waals surface area contributed by atoms with Crippen molar-refractivity contribution in [3.05, 3.63) is 246 Å². The molecule has 0 unspecified atom stereocenters. The van der Waals surface area contributed by atoms with Crippen LogP contribution >= 0.6 is 0 Å². The number of rotatable bonds is 5. The van der Waals surface area contributed by atoms with Gasteiger partial charge < -0.3 is 0 Å². The molecule has 4 heteroatoms. The van der Waals surface area contributed by atoms with E-state index >= 15 is 0 Å². The van der Waals surface area contributed by atoms with Crippen molar-refractivity contribution in [3.8, 4) is 50.5 Å². The van der Waals surface area contributed by atoms with E-state index in [1.807, 2.05) is 0 Å². The van der Waals surface area contributed by atoms with Gasteiger partial charge in [-0.2, -0.15) is 0 Å². The third-order valence-electron chi connectivity index (χ3n) is 14.4. The Hall–Kier alpha value is -7.92. The lowest BCUT2D eigenvalue weighted by Crippen LogP contribution is -2.72. The van der Waals surface area contributed by atoms with Crippen LogP contribution in [0.3, 0.4) is 0 Å². The summed E-state index contributed by atoms with van der Waals surface area (Å²) >= 11 is 0. The van der Waals surface area contributed by atoms with Gasteiger partial charge in [-0.3, -0.25) is 4.57 Å². The maximum absolute atomic E-state index is 5.77. The fraction of sp³-hybridized carbons (Fsp3) is 0.0333. The zero-order valence-corrected chi connectivity index (χ0v) is 35.9. The SMILES string of the molecule is c1ccc([Si]2(c3ccccc3)c3ccccc3-c3ccc(-c4cccc5c4Cc4c-5nc(C5c6ccccc6-c6ccccc65)nc4-n4c5ccccc5c5ccccc54)cc32)cc1. The normalized spacial score (nSPS) is 13.9. The highest BCUT2D eigenvalue weighted by Gasteiger charge is 2.48. The molecule has 2 aliphatic carbocycles. The highest BCUT2D eigenvalue weighted by molar-refractivity contribution is 7.22. The van der Waals surface area contributed by atoms with E-state index in [9.17, 15) is 0 Å². The van der Waals surface area contributed by atoms with Gasteiger partial charge in [-0.1, -0.05) is 206 Å². The van der Waals surface area contributed by atoms with Crippen LogP contribution in [0.4, 0.5) is 0 Å². The van der Waals surface area contributed by atoms with Crippen LogP contribution in [0.25, 0.3) is 72.3 Å². The van der Waals surface area contributed by atoms with Crippen LogP contribution in [-0.4, -0.2) is 22.6 Å². The van der Waals surface area contributed by atoms with E-state index in [0.29, 0.717) is 0 Å². The molecule has 1 aliphatic heterocycles. The van der Waals surface area contributed by atoms with Crippen LogP contribution in [-0.2, 0) is 6.42 Å². The van der Waals surface area contributed by atoms with E-state index in [4.69, 9.17) is 9.97 Å². The smallest absolute Gasteiger partial charge is 0.180 e. The molecule has 0 fully saturated rings. The van der Waals surface area contributed by atoms with Gasteiger partial charge in [0.15, 0.2) is 8.07 Å². The second kappa shape index (κ2) is 13.5. The van der Waals surface area contributed by atoms with Gasteiger partial charge in [0.2, 0.25) is 0 Å². The first-order valence-electron chi connectivity index (χ1n) is 22.3. The van der Waals surface area contributed by atoms with E-state index in [1.54, 1.807) is 0 Å². The summed E-state index contributed by atoms with van der Waals surface area (Å²) in [6.45, 7) is 0. The molecule has 0 atom stereocenters. The summed E-state index contributed by atoms with van der Waals surface area (Å²) in [4.78, 5) is 11.5. The van der Waals surface area contributed by atoms with Crippen molar-refractivity contribution >= 4 is 50.6 Å². The third kappa shape index (κ3) is 4.80. The molecule has 3 nitrogen and oxygen atoms in total. The Morgan fingerprint density at radius 1 is 0.406 bits per heavy atom. The monoisotopic (exact) mass is 829 g/mol. The van der Waals surface area contributed by atoms with Crippen LogP contribution in [0, 0.1) is 0 Å². The van der Waals surface area contributed by atoms with Crippen LogP contribution in [0.2, 0.25) is 0 Å². The number of nitrogens with zero attached hydrogens (tertiary/aromatic N) is 3. The maximum atomic E-state index is 5.77. The number of benzene rings is 9. The Bertz CT molecular complexity index is 3580. The first-order valence-corrected chi connectivity index (χ1v) is 24.3. The third-order valence-corrected chi connectivity index (χ3v) is 19.3. The predicted molar refractivity (Wildman–Crippen MR) is 265 cm³/mol. The molecule has 11 aromatic rings. The second-order valence-electron chi connectivity index (χ2n) is 17.5. The van der Waals surface area contributed by atoms with Gasteiger partial charge in [0.05, 0.1) is 22.6 Å². The summed E-state index contributed by atoms with van der Waals surface area (Å²) < 4.78 is 2.42. The summed E-state index contributed by atoms with van der Waals surface area (Å²) in [6, 6.07) is 81.2. The van der Waals surface area contributed by atoms with E-state index in [2.05, 4.69) is 223 Å². The summed E-state index contributed by atoms with van der Waals surface area (Å²) in [5.41, 5.74) is 17.2. The van der Waals surface area contributed by atoms with Crippen LogP contribution < -0.4 is 20.7 Å². The number of para-hydroxylation sites is 2. The molecule has 298 valence electrons. The van der Waals surface area contributed by atoms with Crippen molar-refractivity contribution < 1.29 is 0 Å². The van der Waals surface area contributed by atoms with Gasteiger partial charge in [-0.15, -0.1) is 0 Å². The molecule has 0 bridgehead atoms. The molecule has 3 heterocycles. The zero-order chi connectivity index (χ0) is 41.9. The van der Waals surface area contributed by atoms with Crippen molar-refractivity contribution in [2.24, 2.45) is 0 Å². The Kier molecular flexibility index (Phi) is 7.54. The van der Waals surface area contributed by atoms with E-state index in [1.165, 1.54) is 92.7 Å². The van der Waals surface area contributed by atoms with Gasteiger partial charge in [0, 0.05) is 28.3 Å². The number of fused-ring (bicyclic) bond motifs is 12. The standard InChI is InChI=1S/C60H39N3Si/c1-3-18-39(19-4-1)64(40-20-5-2-6-21-40)55-33-16-13-26-46(55)47-35-34-38(36-56(47)64)41-29-17-30-50-51(41)37-52-58(50)61-59(57-48-27-9-7-22-42(48)43-23-8-10-28-49(43)57)62-60(52)63-53-31-14-11-24-44(53)45-25-12-15-32-54(45)63/h1-36,57H,37H2. The molecule has 0 N–H and O–H groups in total.